The Morgan fingerprint density at radius 1 is 1.27 bits per heavy atom. The van der Waals surface area contributed by atoms with Crippen LogP contribution >= 0.6 is 0 Å². The second-order valence-electron chi connectivity index (χ2n) is 6.33. The minimum Gasteiger partial charge on any atom is -0.353 e. The van der Waals surface area contributed by atoms with Gasteiger partial charge in [0.25, 0.3) is 5.91 Å². The van der Waals surface area contributed by atoms with Crippen LogP contribution in [0.25, 0.3) is 5.78 Å². The van der Waals surface area contributed by atoms with Crippen molar-refractivity contribution in [3.8, 4) is 0 Å². The number of carbonyl (C=O) groups excluding carboxylic acids is 2. The van der Waals surface area contributed by atoms with E-state index in [0.29, 0.717) is 36.7 Å². The van der Waals surface area contributed by atoms with Crippen molar-refractivity contribution < 1.29 is 9.59 Å². The largest absolute Gasteiger partial charge is 0.353 e. The van der Waals surface area contributed by atoms with Crippen molar-refractivity contribution >= 4 is 17.6 Å². The van der Waals surface area contributed by atoms with Crippen LogP contribution in [0.3, 0.4) is 0 Å². The SMILES string of the molecule is Cc1nc2ncccn2c1C(=O)N1CCNC(=O)[C@H]1Cc1ccccc1. The van der Waals surface area contributed by atoms with Crippen LogP contribution in [0.2, 0.25) is 0 Å². The van der Waals surface area contributed by atoms with Gasteiger partial charge in [-0.05, 0) is 18.6 Å². The molecule has 0 unspecified atom stereocenters. The van der Waals surface area contributed by atoms with Crippen molar-refractivity contribution in [2.75, 3.05) is 13.1 Å². The van der Waals surface area contributed by atoms with Gasteiger partial charge in [-0.15, -0.1) is 0 Å². The highest BCUT2D eigenvalue weighted by atomic mass is 16.2. The second-order valence-corrected chi connectivity index (χ2v) is 6.33. The average Bonchev–Trinajstić information content (AvgIpc) is 2.99. The number of aromatic nitrogens is 3. The fourth-order valence-corrected chi connectivity index (χ4v) is 3.39. The van der Waals surface area contributed by atoms with Gasteiger partial charge in [0.2, 0.25) is 11.7 Å². The van der Waals surface area contributed by atoms with Crippen LogP contribution in [0.4, 0.5) is 0 Å². The molecule has 4 rings (SSSR count). The predicted octanol–water partition coefficient (Wildman–Crippen LogP) is 1.22. The number of hydrogen-bond donors (Lipinski definition) is 1. The number of benzene rings is 1. The van der Waals surface area contributed by atoms with E-state index in [1.807, 2.05) is 30.3 Å². The highest BCUT2D eigenvalue weighted by Gasteiger charge is 2.35. The molecule has 1 saturated heterocycles. The highest BCUT2D eigenvalue weighted by molar-refractivity contribution is 5.98. The molecule has 1 N–H and O–H groups in total. The van der Waals surface area contributed by atoms with Crippen LogP contribution in [-0.2, 0) is 11.2 Å². The lowest BCUT2D eigenvalue weighted by atomic mass is 10.0. The summed E-state index contributed by atoms with van der Waals surface area (Å²) in [5.41, 5.74) is 2.09. The van der Waals surface area contributed by atoms with Crippen molar-refractivity contribution in [3.63, 3.8) is 0 Å². The lowest BCUT2D eigenvalue weighted by Crippen LogP contribution is -2.58. The van der Waals surface area contributed by atoms with Crippen LogP contribution in [0.5, 0.6) is 0 Å². The van der Waals surface area contributed by atoms with Gasteiger partial charge in [-0.3, -0.25) is 14.0 Å². The van der Waals surface area contributed by atoms with Gasteiger partial charge in [-0.2, -0.15) is 0 Å². The van der Waals surface area contributed by atoms with Crippen LogP contribution in [0, 0.1) is 6.92 Å². The molecule has 1 aliphatic rings. The van der Waals surface area contributed by atoms with Crippen LogP contribution in [0.15, 0.2) is 48.8 Å². The summed E-state index contributed by atoms with van der Waals surface area (Å²) in [5.74, 6) is 0.159. The number of imidazole rings is 1. The van der Waals surface area contributed by atoms with E-state index in [2.05, 4.69) is 15.3 Å². The molecule has 3 aromatic rings. The Labute approximate surface area is 150 Å². The number of nitrogens with one attached hydrogen (secondary N) is 1. The lowest BCUT2D eigenvalue weighted by Gasteiger charge is -2.35. The first-order chi connectivity index (χ1) is 12.6. The van der Waals surface area contributed by atoms with E-state index in [1.54, 1.807) is 34.7 Å². The van der Waals surface area contributed by atoms with Gasteiger partial charge in [0.05, 0.1) is 5.69 Å². The summed E-state index contributed by atoms with van der Waals surface area (Å²) in [6, 6.07) is 10.9. The summed E-state index contributed by atoms with van der Waals surface area (Å²) in [7, 11) is 0. The Hall–Kier alpha value is -3.22. The standard InChI is InChI=1S/C19H19N5O2/c1-13-16(24-10-5-8-21-19(24)22-13)18(26)23-11-9-20-17(25)15(23)12-14-6-3-2-4-7-14/h2-8,10,15H,9,11-12H2,1H3,(H,20,25)/t15-/m1/s1. The monoisotopic (exact) mass is 349 g/mol. The third kappa shape index (κ3) is 2.81. The molecular formula is C19H19N5O2. The average molecular weight is 349 g/mol. The zero-order valence-electron chi connectivity index (χ0n) is 14.4. The van der Waals surface area contributed by atoms with E-state index < -0.39 is 6.04 Å². The van der Waals surface area contributed by atoms with Crippen LogP contribution in [-0.4, -0.2) is 50.2 Å². The summed E-state index contributed by atoms with van der Waals surface area (Å²) in [4.78, 5) is 36.0. The van der Waals surface area contributed by atoms with Crippen molar-refractivity contribution in [3.05, 3.63) is 65.7 Å². The maximum absolute atomic E-state index is 13.3. The number of carbonyl (C=O) groups is 2. The van der Waals surface area contributed by atoms with Gasteiger partial charge in [0.15, 0.2) is 0 Å². The van der Waals surface area contributed by atoms with Crippen LogP contribution in [0.1, 0.15) is 21.7 Å². The molecule has 0 aliphatic carbocycles. The van der Waals surface area contributed by atoms with E-state index in [4.69, 9.17) is 0 Å². The zero-order valence-corrected chi connectivity index (χ0v) is 14.4. The molecule has 0 saturated carbocycles. The number of amides is 2. The molecule has 3 heterocycles. The molecule has 2 aromatic heterocycles. The van der Waals surface area contributed by atoms with Gasteiger partial charge in [0, 0.05) is 31.9 Å². The maximum Gasteiger partial charge on any atom is 0.273 e. The van der Waals surface area contributed by atoms with Crippen molar-refractivity contribution in [1.82, 2.24) is 24.6 Å². The molecule has 0 radical (unpaired) electrons. The van der Waals surface area contributed by atoms with E-state index in [0.717, 1.165) is 5.56 Å². The second kappa shape index (κ2) is 6.59. The number of aryl methyl sites for hydroxylation is 1. The zero-order chi connectivity index (χ0) is 18.1. The fraction of sp³-hybridized carbons (Fsp3) is 0.263. The lowest BCUT2D eigenvalue weighted by molar-refractivity contribution is -0.127. The normalized spacial score (nSPS) is 17.3. The summed E-state index contributed by atoms with van der Waals surface area (Å²) in [6.45, 7) is 2.71. The third-order valence-corrected chi connectivity index (χ3v) is 4.64. The summed E-state index contributed by atoms with van der Waals surface area (Å²) >= 11 is 0. The maximum atomic E-state index is 13.3. The van der Waals surface area contributed by atoms with Crippen molar-refractivity contribution in [1.29, 1.82) is 0 Å². The molecule has 1 aromatic carbocycles. The Morgan fingerprint density at radius 3 is 2.88 bits per heavy atom. The third-order valence-electron chi connectivity index (χ3n) is 4.64. The molecule has 7 heteroatoms. The van der Waals surface area contributed by atoms with E-state index >= 15 is 0 Å². The van der Waals surface area contributed by atoms with Gasteiger partial charge in [0.1, 0.15) is 11.7 Å². The molecule has 1 aliphatic heterocycles. The van der Waals surface area contributed by atoms with Gasteiger partial charge >= 0.3 is 0 Å². The number of rotatable bonds is 3. The number of hydrogen-bond acceptors (Lipinski definition) is 4. The number of fused-ring (bicyclic) bond motifs is 1. The van der Waals surface area contributed by atoms with Crippen molar-refractivity contribution in [2.24, 2.45) is 0 Å². The van der Waals surface area contributed by atoms with Gasteiger partial charge in [-0.25, -0.2) is 9.97 Å². The summed E-state index contributed by atoms with van der Waals surface area (Å²) in [6.07, 6.45) is 3.89. The quantitative estimate of drug-likeness (QED) is 0.771. The van der Waals surface area contributed by atoms with E-state index in [-0.39, 0.29) is 11.8 Å². The topological polar surface area (TPSA) is 79.6 Å². The first-order valence-corrected chi connectivity index (χ1v) is 8.57. The van der Waals surface area contributed by atoms with Crippen LogP contribution < -0.4 is 5.32 Å². The Kier molecular flexibility index (Phi) is 4.12. The fourth-order valence-electron chi connectivity index (χ4n) is 3.39. The minimum absolute atomic E-state index is 0.127. The first kappa shape index (κ1) is 16.3. The molecule has 0 spiro atoms. The summed E-state index contributed by atoms with van der Waals surface area (Å²) in [5, 5.41) is 2.87. The molecule has 1 atom stereocenters. The molecule has 1 fully saturated rings. The van der Waals surface area contributed by atoms with Gasteiger partial charge in [-0.1, -0.05) is 30.3 Å². The Balaban J connectivity index is 1.70. The molecule has 2 amide bonds. The summed E-state index contributed by atoms with van der Waals surface area (Å²) < 4.78 is 1.68. The van der Waals surface area contributed by atoms with Gasteiger partial charge < -0.3 is 10.2 Å². The highest BCUT2D eigenvalue weighted by Crippen LogP contribution is 2.18. The Bertz CT molecular complexity index is 966. The van der Waals surface area contributed by atoms with E-state index in [1.165, 1.54) is 0 Å². The molecule has 7 nitrogen and oxygen atoms in total. The molecule has 0 bridgehead atoms. The number of piperazine rings is 1. The van der Waals surface area contributed by atoms with Crippen molar-refractivity contribution in [2.45, 2.75) is 19.4 Å². The first-order valence-electron chi connectivity index (χ1n) is 8.57. The molecule has 132 valence electrons. The predicted molar refractivity (Wildman–Crippen MR) is 95.7 cm³/mol. The smallest absolute Gasteiger partial charge is 0.273 e. The molecular weight excluding hydrogens is 330 g/mol. The van der Waals surface area contributed by atoms with E-state index in [9.17, 15) is 9.59 Å². The molecule has 26 heavy (non-hydrogen) atoms. The number of nitrogens with zero attached hydrogens (tertiary/aromatic N) is 4. The minimum atomic E-state index is -0.541. The Morgan fingerprint density at radius 2 is 2.08 bits per heavy atom.